The highest BCUT2D eigenvalue weighted by molar-refractivity contribution is 5.76. The Hall–Kier alpha value is -3.74. The fourth-order valence-electron chi connectivity index (χ4n) is 3.05. The molecule has 0 aliphatic rings. The van der Waals surface area contributed by atoms with Crippen LogP contribution < -0.4 is 10.9 Å². The van der Waals surface area contributed by atoms with E-state index in [1.165, 1.54) is 10.8 Å². The first-order valence-electron chi connectivity index (χ1n) is 8.97. The van der Waals surface area contributed by atoms with Crippen molar-refractivity contribution in [2.45, 2.75) is 19.5 Å². The predicted molar refractivity (Wildman–Crippen MR) is 106 cm³/mol. The molecule has 7 nitrogen and oxygen atoms in total. The molecule has 1 N–H and O–H groups in total. The van der Waals surface area contributed by atoms with Gasteiger partial charge in [0.15, 0.2) is 0 Å². The Balaban J connectivity index is 1.55. The van der Waals surface area contributed by atoms with Crippen LogP contribution in [0.1, 0.15) is 18.5 Å². The second-order valence-corrected chi connectivity index (χ2v) is 6.52. The Morgan fingerprint density at radius 2 is 1.75 bits per heavy atom. The molecule has 4 aromatic rings. The number of hydrogen-bond acceptors (Lipinski definition) is 4. The van der Waals surface area contributed by atoms with E-state index < -0.39 is 0 Å². The number of nitrogens with one attached hydrogen (secondary N) is 1. The smallest absolute Gasteiger partial charge is 0.293 e. The molecule has 28 heavy (non-hydrogen) atoms. The number of nitrogens with zero attached hydrogens (tertiary/aromatic N) is 4. The quantitative estimate of drug-likeness (QED) is 0.583. The third-order valence-corrected chi connectivity index (χ3v) is 4.53. The fourth-order valence-corrected chi connectivity index (χ4v) is 3.05. The Bertz CT molecular complexity index is 1170. The summed E-state index contributed by atoms with van der Waals surface area (Å²) in [5.74, 6) is -0.280. The topological polar surface area (TPSA) is 81.3 Å². The summed E-state index contributed by atoms with van der Waals surface area (Å²) >= 11 is 0. The second kappa shape index (κ2) is 7.48. The Morgan fingerprint density at radius 1 is 1.07 bits per heavy atom. The van der Waals surface area contributed by atoms with Gasteiger partial charge in [-0.1, -0.05) is 60.7 Å². The van der Waals surface area contributed by atoms with Gasteiger partial charge in [0, 0.05) is 5.56 Å². The van der Waals surface area contributed by atoms with Gasteiger partial charge < -0.3 is 5.32 Å². The molecule has 0 aliphatic heterocycles. The molecule has 1 atom stereocenters. The van der Waals surface area contributed by atoms with Crippen LogP contribution in [0.2, 0.25) is 0 Å². The van der Waals surface area contributed by atoms with E-state index in [2.05, 4.69) is 15.5 Å². The van der Waals surface area contributed by atoms with Crippen LogP contribution >= 0.6 is 0 Å². The monoisotopic (exact) mass is 373 g/mol. The van der Waals surface area contributed by atoms with Gasteiger partial charge in [-0.25, -0.2) is 9.20 Å². The minimum Gasteiger partial charge on any atom is -0.348 e. The van der Waals surface area contributed by atoms with Crippen molar-refractivity contribution >= 4 is 11.4 Å². The summed E-state index contributed by atoms with van der Waals surface area (Å²) in [4.78, 5) is 25.1. The largest absolute Gasteiger partial charge is 0.348 e. The van der Waals surface area contributed by atoms with Crippen molar-refractivity contribution in [3.05, 3.63) is 89.0 Å². The van der Waals surface area contributed by atoms with Crippen LogP contribution in [0.4, 0.5) is 0 Å². The van der Waals surface area contributed by atoms with Crippen molar-refractivity contribution in [1.29, 1.82) is 0 Å². The van der Waals surface area contributed by atoms with Crippen LogP contribution in [-0.4, -0.2) is 25.3 Å². The van der Waals surface area contributed by atoms with E-state index >= 15 is 0 Å². The molecule has 2 heterocycles. The second-order valence-electron chi connectivity index (χ2n) is 6.52. The predicted octanol–water partition coefficient (Wildman–Crippen LogP) is 2.44. The SMILES string of the molecule is C[C@@H](NC(=O)Cn1ncn2nc(-c3ccccc3)cc2c1=O)c1ccccc1. The summed E-state index contributed by atoms with van der Waals surface area (Å²) in [5, 5.41) is 11.4. The minimum absolute atomic E-state index is 0.154. The molecule has 7 heteroatoms. The summed E-state index contributed by atoms with van der Waals surface area (Å²) in [7, 11) is 0. The van der Waals surface area contributed by atoms with Crippen LogP contribution in [0.25, 0.3) is 16.8 Å². The van der Waals surface area contributed by atoms with Crippen molar-refractivity contribution in [3.63, 3.8) is 0 Å². The van der Waals surface area contributed by atoms with Crippen molar-refractivity contribution in [1.82, 2.24) is 24.7 Å². The number of hydrogen-bond donors (Lipinski definition) is 1. The molecule has 0 spiro atoms. The summed E-state index contributed by atoms with van der Waals surface area (Å²) in [5.41, 5.74) is 2.60. The van der Waals surface area contributed by atoms with Crippen LogP contribution in [0.5, 0.6) is 0 Å². The van der Waals surface area contributed by atoms with Gasteiger partial charge in [-0.15, -0.1) is 0 Å². The van der Waals surface area contributed by atoms with Gasteiger partial charge in [0.2, 0.25) is 5.91 Å². The Labute approximate surface area is 161 Å². The third kappa shape index (κ3) is 3.55. The van der Waals surface area contributed by atoms with E-state index in [9.17, 15) is 9.59 Å². The van der Waals surface area contributed by atoms with Gasteiger partial charge in [0.25, 0.3) is 5.56 Å². The lowest BCUT2D eigenvalue weighted by Crippen LogP contribution is -2.35. The van der Waals surface area contributed by atoms with Gasteiger partial charge in [-0.3, -0.25) is 9.59 Å². The maximum absolute atomic E-state index is 12.7. The maximum Gasteiger partial charge on any atom is 0.293 e. The summed E-state index contributed by atoms with van der Waals surface area (Å²) in [6.07, 6.45) is 1.44. The molecule has 4 rings (SSSR count). The number of carbonyl (C=O) groups is 1. The fraction of sp³-hybridized carbons (Fsp3) is 0.143. The van der Waals surface area contributed by atoms with E-state index in [1.54, 1.807) is 6.07 Å². The number of rotatable bonds is 5. The molecule has 0 saturated carbocycles. The standard InChI is InChI=1S/C21H19N5O2/c1-15(16-8-4-2-5-9-16)23-20(27)13-25-21(28)19-12-18(24-26(19)14-22-25)17-10-6-3-7-11-17/h2-12,14-15H,13H2,1H3,(H,23,27)/t15-/m1/s1. The van der Waals surface area contributed by atoms with Gasteiger partial charge >= 0.3 is 0 Å². The zero-order valence-corrected chi connectivity index (χ0v) is 15.3. The summed E-state index contributed by atoms with van der Waals surface area (Å²) < 4.78 is 2.59. The lowest BCUT2D eigenvalue weighted by atomic mass is 10.1. The zero-order valence-electron chi connectivity index (χ0n) is 15.3. The first-order chi connectivity index (χ1) is 13.6. The molecule has 2 aromatic heterocycles. The normalized spacial score (nSPS) is 12.0. The van der Waals surface area contributed by atoms with E-state index in [1.807, 2.05) is 67.6 Å². The summed E-state index contributed by atoms with van der Waals surface area (Å²) in [6, 6.07) is 20.8. The highest BCUT2D eigenvalue weighted by Crippen LogP contribution is 2.17. The van der Waals surface area contributed by atoms with Gasteiger partial charge in [0.05, 0.1) is 11.7 Å². The van der Waals surface area contributed by atoms with Gasteiger partial charge in [0.1, 0.15) is 18.4 Å². The molecular formula is C21H19N5O2. The number of fused-ring (bicyclic) bond motifs is 1. The molecule has 1 amide bonds. The van der Waals surface area contributed by atoms with Crippen LogP contribution in [-0.2, 0) is 11.3 Å². The lowest BCUT2D eigenvalue weighted by molar-refractivity contribution is -0.122. The van der Waals surface area contributed by atoms with E-state index in [0.29, 0.717) is 11.2 Å². The first kappa shape index (κ1) is 17.7. The van der Waals surface area contributed by atoms with E-state index in [0.717, 1.165) is 15.8 Å². The Kier molecular flexibility index (Phi) is 4.72. The van der Waals surface area contributed by atoms with Crippen molar-refractivity contribution in [3.8, 4) is 11.3 Å². The molecule has 0 unspecified atom stereocenters. The van der Waals surface area contributed by atoms with Crippen LogP contribution in [0.15, 0.2) is 77.9 Å². The number of benzene rings is 2. The van der Waals surface area contributed by atoms with Gasteiger partial charge in [-0.05, 0) is 18.6 Å². The first-order valence-corrected chi connectivity index (χ1v) is 8.97. The van der Waals surface area contributed by atoms with Crippen LogP contribution in [0.3, 0.4) is 0 Å². The minimum atomic E-state index is -0.361. The molecule has 2 aromatic carbocycles. The van der Waals surface area contributed by atoms with E-state index in [4.69, 9.17) is 0 Å². The highest BCUT2D eigenvalue weighted by atomic mass is 16.2. The molecule has 0 bridgehead atoms. The molecular weight excluding hydrogens is 354 g/mol. The van der Waals surface area contributed by atoms with Crippen molar-refractivity contribution in [2.24, 2.45) is 0 Å². The molecule has 0 radical (unpaired) electrons. The maximum atomic E-state index is 12.7. The molecule has 140 valence electrons. The average molecular weight is 373 g/mol. The van der Waals surface area contributed by atoms with Gasteiger partial charge in [-0.2, -0.15) is 10.2 Å². The molecule has 0 aliphatic carbocycles. The summed E-state index contributed by atoms with van der Waals surface area (Å²) in [6.45, 7) is 1.74. The lowest BCUT2D eigenvalue weighted by Gasteiger charge is -2.14. The van der Waals surface area contributed by atoms with Crippen LogP contribution in [0, 0.1) is 0 Å². The van der Waals surface area contributed by atoms with Crippen molar-refractivity contribution < 1.29 is 4.79 Å². The zero-order chi connectivity index (χ0) is 19.5. The van der Waals surface area contributed by atoms with E-state index in [-0.39, 0.29) is 24.1 Å². The third-order valence-electron chi connectivity index (χ3n) is 4.53. The number of aromatic nitrogens is 4. The average Bonchev–Trinajstić information content (AvgIpc) is 3.17. The molecule has 0 saturated heterocycles. The highest BCUT2D eigenvalue weighted by Gasteiger charge is 2.14. The molecule has 0 fully saturated rings. The Morgan fingerprint density at radius 3 is 2.46 bits per heavy atom. The van der Waals surface area contributed by atoms with Crippen molar-refractivity contribution in [2.75, 3.05) is 0 Å². The number of amides is 1. The number of carbonyl (C=O) groups excluding carboxylic acids is 1.